The van der Waals surface area contributed by atoms with E-state index in [1.54, 1.807) is 6.26 Å². The average Bonchev–Trinajstić information content (AvgIpc) is 2.61. The van der Waals surface area contributed by atoms with Crippen molar-refractivity contribution in [2.24, 2.45) is 10.7 Å². The van der Waals surface area contributed by atoms with Gasteiger partial charge < -0.3 is 10.2 Å². The molecule has 1 heterocycles. The third-order valence-electron chi connectivity index (χ3n) is 2.09. The first-order chi connectivity index (χ1) is 6.83. The Morgan fingerprint density at radius 3 is 3.00 bits per heavy atom. The Kier molecular flexibility index (Phi) is 2.23. The first-order valence-corrected chi connectivity index (χ1v) is 4.59. The van der Waals surface area contributed by atoms with Gasteiger partial charge in [-0.3, -0.25) is 4.99 Å². The zero-order valence-electron chi connectivity index (χ0n) is 8.03. The lowest BCUT2D eigenvalue weighted by atomic mass is 10.1. The largest absolute Gasteiger partial charge is 0.464 e. The van der Waals surface area contributed by atoms with Crippen LogP contribution < -0.4 is 5.73 Å². The number of amidine groups is 1. The van der Waals surface area contributed by atoms with Gasteiger partial charge in [-0.05, 0) is 13.0 Å². The maximum absolute atomic E-state index is 5.81. The van der Waals surface area contributed by atoms with Crippen LogP contribution in [0.4, 0.5) is 0 Å². The summed E-state index contributed by atoms with van der Waals surface area (Å²) in [5.74, 6) is 0.539. The Labute approximate surface area is 82.2 Å². The number of para-hydroxylation sites is 1. The number of rotatable bonds is 2. The van der Waals surface area contributed by atoms with Gasteiger partial charge in [0.25, 0.3) is 0 Å². The number of aliphatic imine (C=N–C) groups is 1. The molecule has 3 nitrogen and oxygen atoms in total. The van der Waals surface area contributed by atoms with E-state index in [9.17, 15) is 0 Å². The fraction of sp³-hybridized carbons (Fsp3) is 0.182. The van der Waals surface area contributed by atoms with Crippen molar-refractivity contribution < 1.29 is 4.42 Å². The van der Waals surface area contributed by atoms with Gasteiger partial charge in [0.15, 0.2) is 0 Å². The summed E-state index contributed by atoms with van der Waals surface area (Å²) in [4.78, 5) is 4.15. The molecule has 0 unspecified atom stereocenters. The van der Waals surface area contributed by atoms with E-state index >= 15 is 0 Å². The van der Waals surface area contributed by atoms with E-state index in [1.165, 1.54) is 0 Å². The van der Waals surface area contributed by atoms with Crippen molar-refractivity contribution in [1.29, 1.82) is 0 Å². The summed E-state index contributed by atoms with van der Waals surface area (Å²) in [6.07, 6.45) is 1.65. The van der Waals surface area contributed by atoms with Crippen LogP contribution in [-0.2, 0) is 0 Å². The molecule has 0 aliphatic rings. The number of furan rings is 1. The van der Waals surface area contributed by atoms with E-state index in [0.29, 0.717) is 12.4 Å². The van der Waals surface area contributed by atoms with Crippen LogP contribution in [0.3, 0.4) is 0 Å². The minimum atomic E-state index is 0.539. The molecule has 0 atom stereocenters. The molecule has 0 aliphatic carbocycles. The molecule has 0 amide bonds. The Balaban J connectivity index is 2.58. The third-order valence-corrected chi connectivity index (χ3v) is 2.09. The standard InChI is InChI=1S/C11H12N2O/c1-2-13-11(12)9-7-14-10-6-4-3-5-8(9)10/h3-7H,2H2,1H3,(H2,12,13). The summed E-state index contributed by atoms with van der Waals surface area (Å²) in [5.41, 5.74) is 7.53. The van der Waals surface area contributed by atoms with Crippen LogP contribution in [0.2, 0.25) is 0 Å². The molecular weight excluding hydrogens is 176 g/mol. The van der Waals surface area contributed by atoms with Crippen LogP contribution in [0.1, 0.15) is 12.5 Å². The van der Waals surface area contributed by atoms with Crippen molar-refractivity contribution in [1.82, 2.24) is 0 Å². The molecule has 0 fully saturated rings. The normalized spacial score (nSPS) is 12.2. The van der Waals surface area contributed by atoms with Crippen LogP contribution in [-0.4, -0.2) is 12.4 Å². The predicted octanol–water partition coefficient (Wildman–Crippen LogP) is 2.16. The van der Waals surface area contributed by atoms with Crippen molar-refractivity contribution in [3.05, 3.63) is 36.1 Å². The van der Waals surface area contributed by atoms with Crippen molar-refractivity contribution in [2.45, 2.75) is 6.92 Å². The van der Waals surface area contributed by atoms with Gasteiger partial charge in [-0.15, -0.1) is 0 Å². The SMILES string of the molecule is CCN=C(N)c1coc2ccccc12. The molecular formula is C11H12N2O. The zero-order chi connectivity index (χ0) is 9.97. The van der Waals surface area contributed by atoms with Crippen LogP contribution in [0, 0.1) is 0 Å². The number of benzene rings is 1. The van der Waals surface area contributed by atoms with Gasteiger partial charge in [-0.1, -0.05) is 18.2 Å². The summed E-state index contributed by atoms with van der Waals surface area (Å²) in [7, 11) is 0. The third kappa shape index (κ3) is 1.37. The number of nitrogens with zero attached hydrogens (tertiary/aromatic N) is 1. The van der Waals surface area contributed by atoms with Crippen molar-refractivity contribution >= 4 is 16.8 Å². The average molecular weight is 188 g/mol. The molecule has 72 valence electrons. The highest BCUT2D eigenvalue weighted by Crippen LogP contribution is 2.20. The molecule has 3 heteroatoms. The second kappa shape index (κ2) is 3.54. The Bertz CT molecular complexity index is 471. The second-order valence-corrected chi connectivity index (χ2v) is 3.01. The highest BCUT2D eigenvalue weighted by atomic mass is 16.3. The number of fused-ring (bicyclic) bond motifs is 1. The molecule has 2 N–H and O–H groups in total. The molecule has 1 aromatic carbocycles. The molecule has 0 saturated heterocycles. The molecule has 2 aromatic rings. The molecule has 0 aliphatic heterocycles. The topological polar surface area (TPSA) is 51.5 Å². The molecule has 0 saturated carbocycles. The number of hydrogen-bond acceptors (Lipinski definition) is 2. The highest BCUT2D eigenvalue weighted by Gasteiger charge is 2.07. The van der Waals surface area contributed by atoms with Crippen LogP contribution in [0.5, 0.6) is 0 Å². The molecule has 1 aromatic heterocycles. The molecule has 14 heavy (non-hydrogen) atoms. The van der Waals surface area contributed by atoms with Crippen molar-refractivity contribution in [3.8, 4) is 0 Å². The summed E-state index contributed by atoms with van der Waals surface area (Å²) in [6.45, 7) is 2.64. The van der Waals surface area contributed by atoms with Crippen molar-refractivity contribution in [3.63, 3.8) is 0 Å². The van der Waals surface area contributed by atoms with Gasteiger partial charge in [0, 0.05) is 11.9 Å². The van der Waals surface area contributed by atoms with Gasteiger partial charge >= 0.3 is 0 Å². The Morgan fingerprint density at radius 1 is 1.43 bits per heavy atom. The van der Waals surface area contributed by atoms with E-state index in [-0.39, 0.29) is 0 Å². The maximum Gasteiger partial charge on any atom is 0.134 e. The van der Waals surface area contributed by atoms with E-state index in [1.807, 2.05) is 31.2 Å². The second-order valence-electron chi connectivity index (χ2n) is 3.01. The lowest BCUT2D eigenvalue weighted by Crippen LogP contribution is -2.12. The number of hydrogen-bond donors (Lipinski definition) is 1. The van der Waals surface area contributed by atoms with Crippen LogP contribution in [0.25, 0.3) is 11.0 Å². The monoisotopic (exact) mass is 188 g/mol. The van der Waals surface area contributed by atoms with E-state index < -0.39 is 0 Å². The quantitative estimate of drug-likeness (QED) is 0.580. The van der Waals surface area contributed by atoms with E-state index in [0.717, 1.165) is 16.5 Å². The lowest BCUT2D eigenvalue weighted by Gasteiger charge is -1.95. The maximum atomic E-state index is 5.81. The fourth-order valence-corrected chi connectivity index (χ4v) is 1.43. The Hall–Kier alpha value is -1.77. The van der Waals surface area contributed by atoms with E-state index in [2.05, 4.69) is 4.99 Å². The summed E-state index contributed by atoms with van der Waals surface area (Å²) in [5, 5.41) is 1.02. The molecule has 2 rings (SSSR count). The van der Waals surface area contributed by atoms with Gasteiger partial charge in [-0.2, -0.15) is 0 Å². The van der Waals surface area contributed by atoms with Crippen LogP contribution >= 0.6 is 0 Å². The predicted molar refractivity (Wildman–Crippen MR) is 57.5 cm³/mol. The summed E-state index contributed by atoms with van der Waals surface area (Å²) in [6, 6.07) is 7.79. The van der Waals surface area contributed by atoms with Gasteiger partial charge in [-0.25, -0.2) is 0 Å². The lowest BCUT2D eigenvalue weighted by molar-refractivity contribution is 0.615. The Morgan fingerprint density at radius 2 is 2.21 bits per heavy atom. The number of nitrogens with two attached hydrogens (primary N) is 1. The molecule has 0 spiro atoms. The summed E-state index contributed by atoms with van der Waals surface area (Å²) >= 11 is 0. The van der Waals surface area contributed by atoms with Gasteiger partial charge in [0.1, 0.15) is 17.7 Å². The first kappa shape index (κ1) is 8.81. The highest BCUT2D eigenvalue weighted by molar-refractivity contribution is 6.07. The first-order valence-electron chi connectivity index (χ1n) is 4.59. The smallest absolute Gasteiger partial charge is 0.134 e. The fourth-order valence-electron chi connectivity index (χ4n) is 1.43. The van der Waals surface area contributed by atoms with Gasteiger partial charge in [0.2, 0.25) is 0 Å². The molecule has 0 radical (unpaired) electrons. The van der Waals surface area contributed by atoms with Gasteiger partial charge in [0.05, 0.1) is 5.56 Å². The zero-order valence-corrected chi connectivity index (χ0v) is 8.03. The van der Waals surface area contributed by atoms with E-state index in [4.69, 9.17) is 10.2 Å². The molecule has 0 bridgehead atoms. The van der Waals surface area contributed by atoms with Crippen molar-refractivity contribution in [2.75, 3.05) is 6.54 Å². The minimum absolute atomic E-state index is 0.539. The minimum Gasteiger partial charge on any atom is -0.464 e. The summed E-state index contributed by atoms with van der Waals surface area (Å²) < 4.78 is 5.36. The van der Waals surface area contributed by atoms with Crippen LogP contribution in [0.15, 0.2) is 39.9 Å².